The number of rotatable bonds is 4. The fourth-order valence-corrected chi connectivity index (χ4v) is 1.53. The normalized spacial score (nSPS) is 10.5. The number of hydrogen-bond donors (Lipinski definition) is 0. The summed E-state index contributed by atoms with van der Waals surface area (Å²) in [5, 5.41) is 6.11. The summed E-state index contributed by atoms with van der Waals surface area (Å²) in [6, 6.07) is 17.2. The van der Waals surface area contributed by atoms with Crippen LogP contribution in [-0.4, -0.2) is 19.5 Å². The van der Waals surface area contributed by atoms with Crippen molar-refractivity contribution in [3.63, 3.8) is 0 Å². The summed E-state index contributed by atoms with van der Waals surface area (Å²) in [6.07, 6.45) is 2.63. The average Bonchev–Trinajstić information content (AvgIpc) is 2.46. The van der Waals surface area contributed by atoms with E-state index in [1.54, 1.807) is 23.4 Å². The van der Waals surface area contributed by atoms with Crippen molar-refractivity contribution in [3.8, 4) is 0 Å². The molecule has 0 fully saturated rings. The van der Waals surface area contributed by atoms with Crippen molar-refractivity contribution >= 4 is 18.2 Å². The van der Waals surface area contributed by atoms with E-state index in [0.717, 1.165) is 17.5 Å². The molecule has 0 saturated carbocycles. The van der Waals surface area contributed by atoms with E-state index in [4.69, 9.17) is 0 Å². The first-order valence-corrected chi connectivity index (χ1v) is 5.67. The Morgan fingerprint density at radius 1 is 0.944 bits per heavy atom. The maximum absolute atomic E-state index is 10.6. The zero-order valence-electron chi connectivity index (χ0n) is 10.2. The van der Waals surface area contributed by atoms with Crippen molar-refractivity contribution in [1.29, 1.82) is 0 Å². The standard InChI is InChI=1S/C15H14N2O/c1-17(15-9-7-14(12-18)8-10-15)16-11-13-5-3-2-4-6-13/h2-12H,1H3/b16-11+. The average molecular weight is 238 g/mol. The van der Waals surface area contributed by atoms with Gasteiger partial charge < -0.3 is 0 Å². The molecule has 0 aliphatic heterocycles. The highest BCUT2D eigenvalue weighted by molar-refractivity contribution is 5.80. The van der Waals surface area contributed by atoms with Crippen LogP contribution in [0.25, 0.3) is 0 Å². The van der Waals surface area contributed by atoms with Crippen LogP contribution in [0.3, 0.4) is 0 Å². The van der Waals surface area contributed by atoms with E-state index in [0.29, 0.717) is 5.56 Å². The van der Waals surface area contributed by atoms with Crippen LogP contribution in [0, 0.1) is 0 Å². The van der Waals surface area contributed by atoms with Crippen LogP contribution in [0.1, 0.15) is 15.9 Å². The molecule has 0 saturated heterocycles. The molecule has 3 nitrogen and oxygen atoms in total. The van der Waals surface area contributed by atoms with Gasteiger partial charge in [-0.25, -0.2) is 0 Å². The summed E-state index contributed by atoms with van der Waals surface area (Å²) in [5.74, 6) is 0. The van der Waals surface area contributed by atoms with Gasteiger partial charge in [-0.1, -0.05) is 30.3 Å². The van der Waals surface area contributed by atoms with Crippen LogP contribution in [0.15, 0.2) is 59.7 Å². The van der Waals surface area contributed by atoms with E-state index in [1.165, 1.54) is 0 Å². The van der Waals surface area contributed by atoms with E-state index in [9.17, 15) is 4.79 Å². The molecule has 2 aromatic rings. The van der Waals surface area contributed by atoms with Crippen molar-refractivity contribution in [2.75, 3.05) is 12.1 Å². The first kappa shape index (κ1) is 12.0. The van der Waals surface area contributed by atoms with Gasteiger partial charge in [0.05, 0.1) is 11.9 Å². The summed E-state index contributed by atoms with van der Waals surface area (Å²) in [5.41, 5.74) is 2.65. The summed E-state index contributed by atoms with van der Waals surface area (Å²) in [7, 11) is 1.87. The van der Waals surface area contributed by atoms with Gasteiger partial charge in [-0.3, -0.25) is 9.80 Å². The molecule has 0 radical (unpaired) electrons. The van der Waals surface area contributed by atoms with E-state index < -0.39 is 0 Å². The largest absolute Gasteiger partial charge is 0.298 e. The predicted molar refractivity (Wildman–Crippen MR) is 74.3 cm³/mol. The molecule has 0 amide bonds. The first-order valence-electron chi connectivity index (χ1n) is 5.67. The number of nitrogens with zero attached hydrogens (tertiary/aromatic N) is 2. The van der Waals surface area contributed by atoms with E-state index >= 15 is 0 Å². The van der Waals surface area contributed by atoms with Gasteiger partial charge >= 0.3 is 0 Å². The Bertz CT molecular complexity index is 532. The Labute approximate surface area is 106 Å². The molecule has 18 heavy (non-hydrogen) atoms. The van der Waals surface area contributed by atoms with E-state index in [2.05, 4.69) is 5.10 Å². The Balaban J connectivity index is 2.09. The minimum absolute atomic E-state index is 0.666. The van der Waals surface area contributed by atoms with Crippen LogP contribution in [0.5, 0.6) is 0 Å². The fourth-order valence-electron chi connectivity index (χ4n) is 1.53. The quantitative estimate of drug-likeness (QED) is 0.466. The summed E-state index contributed by atoms with van der Waals surface area (Å²) < 4.78 is 0. The molecule has 0 spiro atoms. The molecule has 0 aromatic heterocycles. The third-order valence-electron chi connectivity index (χ3n) is 2.58. The molecule has 0 unspecified atom stereocenters. The lowest BCUT2D eigenvalue weighted by atomic mass is 10.2. The molecule has 2 rings (SSSR count). The molecule has 0 bridgehead atoms. The predicted octanol–water partition coefficient (Wildman–Crippen LogP) is 2.97. The second-order valence-corrected chi connectivity index (χ2v) is 3.89. The van der Waals surface area contributed by atoms with Crippen LogP contribution < -0.4 is 5.01 Å². The first-order chi connectivity index (χ1) is 8.79. The number of carbonyl (C=O) groups excluding carboxylic acids is 1. The number of hydrazone groups is 1. The molecule has 0 N–H and O–H groups in total. The van der Waals surface area contributed by atoms with Crippen molar-refractivity contribution in [2.45, 2.75) is 0 Å². The summed E-state index contributed by atoms with van der Waals surface area (Å²) in [6.45, 7) is 0. The van der Waals surface area contributed by atoms with Crippen LogP contribution >= 0.6 is 0 Å². The van der Waals surface area contributed by atoms with Gasteiger partial charge in [0.15, 0.2) is 0 Å². The maximum Gasteiger partial charge on any atom is 0.150 e. The second kappa shape index (κ2) is 5.77. The minimum Gasteiger partial charge on any atom is -0.298 e. The van der Waals surface area contributed by atoms with Gasteiger partial charge in [-0.05, 0) is 29.8 Å². The van der Waals surface area contributed by atoms with Crippen molar-refractivity contribution in [3.05, 3.63) is 65.7 Å². The third kappa shape index (κ3) is 3.04. The van der Waals surface area contributed by atoms with Crippen molar-refractivity contribution < 1.29 is 4.79 Å². The summed E-state index contributed by atoms with van der Waals surface area (Å²) >= 11 is 0. The Hall–Kier alpha value is -2.42. The highest BCUT2D eigenvalue weighted by Gasteiger charge is 1.97. The number of aldehydes is 1. The zero-order chi connectivity index (χ0) is 12.8. The SMILES string of the molecule is CN(/N=C/c1ccccc1)c1ccc(C=O)cc1. The van der Waals surface area contributed by atoms with Crippen molar-refractivity contribution in [1.82, 2.24) is 0 Å². The van der Waals surface area contributed by atoms with Crippen LogP contribution in [-0.2, 0) is 0 Å². The van der Waals surface area contributed by atoms with E-state index in [-0.39, 0.29) is 0 Å². The molecular weight excluding hydrogens is 224 g/mol. The monoisotopic (exact) mass is 238 g/mol. The van der Waals surface area contributed by atoms with Gasteiger partial charge in [0, 0.05) is 12.6 Å². The highest BCUT2D eigenvalue weighted by Crippen LogP contribution is 2.13. The number of carbonyl (C=O) groups is 1. The van der Waals surface area contributed by atoms with Gasteiger partial charge in [-0.2, -0.15) is 5.10 Å². The lowest BCUT2D eigenvalue weighted by Gasteiger charge is -2.12. The maximum atomic E-state index is 10.6. The number of anilines is 1. The minimum atomic E-state index is 0.666. The molecule has 90 valence electrons. The molecule has 2 aromatic carbocycles. The van der Waals surface area contributed by atoms with Crippen molar-refractivity contribution in [2.24, 2.45) is 5.10 Å². The topological polar surface area (TPSA) is 32.7 Å². The highest BCUT2D eigenvalue weighted by atomic mass is 16.1. The Kier molecular flexibility index (Phi) is 3.86. The van der Waals surface area contributed by atoms with Gasteiger partial charge in [0.2, 0.25) is 0 Å². The zero-order valence-corrected chi connectivity index (χ0v) is 10.2. The second-order valence-electron chi connectivity index (χ2n) is 3.89. The van der Waals surface area contributed by atoms with Gasteiger partial charge in [0.25, 0.3) is 0 Å². The fraction of sp³-hybridized carbons (Fsp3) is 0.0667. The number of hydrogen-bond acceptors (Lipinski definition) is 3. The van der Waals surface area contributed by atoms with Gasteiger partial charge in [-0.15, -0.1) is 0 Å². The lowest BCUT2D eigenvalue weighted by Crippen LogP contribution is -2.08. The molecule has 0 heterocycles. The Morgan fingerprint density at radius 3 is 2.22 bits per heavy atom. The number of benzene rings is 2. The lowest BCUT2D eigenvalue weighted by molar-refractivity contribution is 0.112. The Morgan fingerprint density at radius 2 is 1.61 bits per heavy atom. The molecule has 0 aliphatic carbocycles. The van der Waals surface area contributed by atoms with Crippen LogP contribution in [0.2, 0.25) is 0 Å². The molecule has 0 aliphatic rings. The smallest absolute Gasteiger partial charge is 0.150 e. The van der Waals surface area contributed by atoms with Gasteiger partial charge in [0.1, 0.15) is 6.29 Å². The molecular formula is C15H14N2O. The third-order valence-corrected chi connectivity index (χ3v) is 2.58. The molecule has 3 heteroatoms. The van der Waals surface area contributed by atoms with Crippen LogP contribution in [0.4, 0.5) is 5.69 Å². The van der Waals surface area contributed by atoms with E-state index in [1.807, 2.05) is 49.5 Å². The molecule has 0 atom stereocenters. The summed E-state index contributed by atoms with van der Waals surface area (Å²) in [4.78, 5) is 10.6.